The Morgan fingerprint density at radius 2 is 1.70 bits per heavy atom. The van der Waals surface area contributed by atoms with Gasteiger partial charge in [0, 0.05) is 26.2 Å². The van der Waals surface area contributed by atoms with Crippen molar-refractivity contribution in [2.45, 2.75) is 33.0 Å². The molecule has 2 N–H and O–H groups in total. The maximum Gasteiger partial charge on any atom is 0.191 e. The second kappa shape index (κ2) is 15.0. The topological polar surface area (TPSA) is 67.4 Å². The van der Waals surface area contributed by atoms with Gasteiger partial charge in [0.05, 0.1) is 33.4 Å². The molecule has 182 valence electrons. The number of rotatable bonds is 10. The molecule has 0 amide bonds. The van der Waals surface area contributed by atoms with E-state index in [0.29, 0.717) is 13.1 Å². The summed E-state index contributed by atoms with van der Waals surface area (Å²) in [4.78, 5) is 7.16. The normalized spacial score (nSPS) is 15.3. The fourth-order valence-electron chi connectivity index (χ4n) is 3.49. The summed E-state index contributed by atoms with van der Waals surface area (Å²) >= 11 is 0. The summed E-state index contributed by atoms with van der Waals surface area (Å²) in [6.45, 7) is 10.8. The first-order chi connectivity index (χ1) is 15.7. The van der Waals surface area contributed by atoms with Crippen molar-refractivity contribution in [3.8, 4) is 11.5 Å². The van der Waals surface area contributed by atoms with Crippen LogP contribution in [0, 0.1) is 0 Å². The van der Waals surface area contributed by atoms with Crippen molar-refractivity contribution in [1.29, 1.82) is 0 Å². The second-order valence-electron chi connectivity index (χ2n) is 7.86. The van der Waals surface area contributed by atoms with E-state index >= 15 is 0 Å². The van der Waals surface area contributed by atoms with Gasteiger partial charge in [-0.25, -0.2) is 4.99 Å². The number of aliphatic imine (C=N–C) groups is 1. The predicted octanol–water partition coefficient (Wildman–Crippen LogP) is 3.67. The van der Waals surface area contributed by atoms with E-state index in [1.807, 2.05) is 31.2 Å². The smallest absolute Gasteiger partial charge is 0.191 e. The second-order valence-corrected chi connectivity index (χ2v) is 7.86. The highest BCUT2D eigenvalue weighted by molar-refractivity contribution is 14.0. The average Bonchev–Trinajstić information content (AvgIpc) is 2.83. The SMILES string of the molecule is CCNC(=NCc1ccc(CN2CCOCC2)cc1)NCC(C)Oc1ccccc1OC.I. The molecule has 0 spiro atoms. The van der Waals surface area contributed by atoms with E-state index in [4.69, 9.17) is 19.2 Å². The van der Waals surface area contributed by atoms with E-state index in [1.54, 1.807) is 7.11 Å². The summed E-state index contributed by atoms with van der Waals surface area (Å²) in [5.74, 6) is 2.25. The van der Waals surface area contributed by atoms with E-state index in [0.717, 1.165) is 56.9 Å². The minimum absolute atomic E-state index is 0. The van der Waals surface area contributed by atoms with Crippen molar-refractivity contribution in [3.63, 3.8) is 0 Å². The molecule has 2 aromatic carbocycles. The maximum absolute atomic E-state index is 6.02. The highest BCUT2D eigenvalue weighted by atomic mass is 127. The number of methoxy groups -OCH3 is 1. The number of nitrogens with zero attached hydrogens (tertiary/aromatic N) is 2. The third-order valence-corrected chi connectivity index (χ3v) is 5.25. The number of para-hydroxylation sites is 2. The molecule has 0 saturated carbocycles. The summed E-state index contributed by atoms with van der Waals surface area (Å²) in [6.07, 6.45) is -0.0466. The number of hydrogen-bond acceptors (Lipinski definition) is 5. The van der Waals surface area contributed by atoms with Crippen LogP contribution in [0.2, 0.25) is 0 Å². The van der Waals surface area contributed by atoms with Crippen LogP contribution >= 0.6 is 24.0 Å². The van der Waals surface area contributed by atoms with Gasteiger partial charge in [-0.2, -0.15) is 0 Å². The molecule has 2 aromatic rings. The summed E-state index contributed by atoms with van der Waals surface area (Å²) < 4.78 is 16.8. The molecule has 1 fully saturated rings. The molecule has 1 saturated heterocycles. The molecule has 1 aliphatic heterocycles. The van der Waals surface area contributed by atoms with Crippen molar-refractivity contribution in [2.75, 3.05) is 46.5 Å². The minimum atomic E-state index is -0.0466. The first-order valence-corrected chi connectivity index (χ1v) is 11.4. The minimum Gasteiger partial charge on any atom is -0.493 e. The molecule has 33 heavy (non-hydrogen) atoms. The molecule has 3 rings (SSSR count). The van der Waals surface area contributed by atoms with Crippen molar-refractivity contribution < 1.29 is 14.2 Å². The Kier molecular flexibility index (Phi) is 12.3. The summed E-state index contributed by atoms with van der Waals surface area (Å²) in [7, 11) is 1.65. The van der Waals surface area contributed by atoms with Gasteiger partial charge in [0.15, 0.2) is 17.5 Å². The number of ether oxygens (including phenoxy) is 3. The van der Waals surface area contributed by atoms with E-state index < -0.39 is 0 Å². The van der Waals surface area contributed by atoms with Crippen LogP contribution in [-0.2, 0) is 17.8 Å². The zero-order valence-corrected chi connectivity index (χ0v) is 22.2. The highest BCUT2D eigenvalue weighted by Gasteiger charge is 2.11. The first-order valence-electron chi connectivity index (χ1n) is 11.4. The molecule has 1 atom stereocenters. The molecule has 0 aliphatic carbocycles. The van der Waals surface area contributed by atoms with Gasteiger partial charge in [-0.05, 0) is 37.1 Å². The fraction of sp³-hybridized carbons (Fsp3) is 0.480. The molecule has 1 heterocycles. The zero-order chi connectivity index (χ0) is 22.6. The first kappa shape index (κ1) is 27.2. The third kappa shape index (κ3) is 9.38. The predicted molar refractivity (Wildman–Crippen MR) is 144 cm³/mol. The Morgan fingerprint density at radius 1 is 1.03 bits per heavy atom. The van der Waals surface area contributed by atoms with E-state index in [1.165, 1.54) is 11.1 Å². The molecular formula is C25H37IN4O3. The Labute approximate surface area is 214 Å². The van der Waals surface area contributed by atoms with Gasteiger partial charge in [-0.3, -0.25) is 4.90 Å². The molecule has 1 aliphatic rings. The van der Waals surface area contributed by atoms with Gasteiger partial charge in [0.25, 0.3) is 0 Å². The van der Waals surface area contributed by atoms with Gasteiger partial charge >= 0.3 is 0 Å². The summed E-state index contributed by atoms with van der Waals surface area (Å²) in [5, 5.41) is 6.67. The lowest BCUT2D eigenvalue weighted by atomic mass is 10.1. The quantitative estimate of drug-likeness (QED) is 0.259. The van der Waals surface area contributed by atoms with Crippen molar-refractivity contribution in [1.82, 2.24) is 15.5 Å². The van der Waals surface area contributed by atoms with E-state index in [-0.39, 0.29) is 30.1 Å². The van der Waals surface area contributed by atoms with Crippen LogP contribution in [0.3, 0.4) is 0 Å². The van der Waals surface area contributed by atoms with E-state index in [2.05, 4.69) is 46.7 Å². The van der Waals surface area contributed by atoms with Crippen LogP contribution in [0.5, 0.6) is 11.5 Å². The number of morpholine rings is 1. The highest BCUT2D eigenvalue weighted by Crippen LogP contribution is 2.26. The van der Waals surface area contributed by atoms with Crippen LogP contribution in [0.25, 0.3) is 0 Å². The third-order valence-electron chi connectivity index (χ3n) is 5.25. The zero-order valence-electron chi connectivity index (χ0n) is 19.9. The van der Waals surface area contributed by atoms with E-state index in [9.17, 15) is 0 Å². The van der Waals surface area contributed by atoms with Gasteiger partial charge in [-0.1, -0.05) is 36.4 Å². The Balaban J connectivity index is 0.00000385. The Bertz CT molecular complexity index is 842. The number of hydrogen-bond donors (Lipinski definition) is 2. The summed E-state index contributed by atoms with van der Waals surface area (Å²) in [5.41, 5.74) is 2.51. The molecule has 1 unspecified atom stereocenters. The van der Waals surface area contributed by atoms with Gasteiger partial charge in [0.1, 0.15) is 6.10 Å². The van der Waals surface area contributed by atoms with Crippen LogP contribution < -0.4 is 20.1 Å². The monoisotopic (exact) mass is 568 g/mol. The lowest BCUT2D eigenvalue weighted by Crippen LogP contribution is -2.41. The Hall–Kier alpha value is -2.04. The van der Waals surface area contributed by atoms with Gasteiger partial charge < -0.3 is 24.8 Å². The number of nitrogens with one attached hydrogen (secondary N) is 2. The van der Waals surface area contributed by atoms with Crippen LogP contribution in [0.1, 0.15) is 25.0 Å². The summed E-state index contributed by atoms with van der Waals surface area (Å²) in [6, 6.07) is 16.4. The standard InChI is InChI=1S/C25H36N4O3.HI/c1-4-26-25(27-17-20(2)32-24-8-6-5-7-23(24)30-3)28-18-21-9-11-22(12-10-21)19-29-13-15-31-16-14-29;/h5-12,20H,4,13-19H2,1-3H3,(H2,26,27,28);1H. The molecule has 0 radical (unpaired) electrons. The van der Waals surface area contributed by atoms with Crippen LogP contribution in [0.15, 0.2) is 53.5 Å². The number of guanidine groups is 1. The molecule has 7 nitrogen and oxygen atoms in total. The van der Waals surface area contributed by atoms with Crippen molar-refractivity contribution in [2.24, 2.45) is 4.99 Å². The number of halogens is 1. The van der Waals surface area contributed by atoms with Crippen LogP contribution in [0.4, 0.5) is 0 Å². The molecule has 8 heteroatoms. The largest absolute Gasteiger partial charge is 0.493 e. The van der Waals surface area contributed by atoms with Gasteiger partial charge in [-0.15, -0.1) is 24.0 Å². The molecular weight excluding hydrogens is 531 g/mol. The van der Waals surface area contributed by atoms with Crippen molar-refractivity contribution >= 4 is 29.9 Å². The lowest BCUT2D eigenvalue weighted by Gasteiger charge is -2.26. The molecule has 0 aromatic heterocycles. The average molecular weight is 569 g/mol. The lowest BCUT2D eigenvalue weighted by molar-refractivity contribution is 0.0342. The van der Waals surface area contributed by atoms with Gasteiger partial charge in [0.2, 0.25) is 0 Å². The Morgan fingerprint density at radius 3 is 2.36 bits per heavy atom. The maximum atomic E-state index is 6.02. The van der Waals surface area contributed by atoms with Crippen molar-refractivity contribution in [3.05, 3.63) is 59.7 Å². The molecule has 0 bridgehead atoms. The van der Waals surface area contributed by atoms with Crippen LogP contribution in [-0.4, -0.2) is 63.5 Å². The number of benzene rings is 2. The fourth-order valence-corrected chi connectivity index (χ4v) is 3.49.